The van der Waals surface area contributed by atoms with Crippen LogP contribution in [0.1, 0.15) is 15.9 Å². The predicted molar refractivity (Wildman–Crippen MR) is 98.6 cm³/mol. The lowest BCUT2D eigenvalue weighted by atomic mass is 10.2. The molecular formula is C20H21N3O3. The maximum absolute atomic E-state index is 12.2. The van der Waals surface area contributed by atoms with E-state index in [1.54, 1.807) is 24.2 Å². The molecule has 26 heavy (non-hydrogen) atoms. The van der Waals surface area contributed by atoms with Crippen LogP contribution in [0.3, 0.4) is 0 Å². The highest BCUT2D eigenvalue weighted by atomic mass is 16.5. The molecule has 0 saturated heterocycles. The van der Waals surface area contributed by atoms with Crippen molar-refractivity contribution in [1.29, 1.82) is 0 Å². The molecule has 1 heterocycles. The van der Waals surface area contributed by atoms with Crippen molar-refractivity contribution >= 4 is 5.91 Å². The highest BCUT2D eigenvalue weighted by molar-refractivity contribution is 5.93. The van der Waals surface area contributed by atoms with Gasteiger partial charge in [-0.15, -0.1) is 0 Å². The van der Waals surface area contributed by atoms with Gasteiger partial charge in [0.05, 0.1) is 32.0 Å². The summed E-state index contributed by atoms with van der Waals surface area (Å²) in [6.45, 7) is 1.43. The molecule has 3 rings (SSSR count). The summed E-state index contributed by atoms with van der Waals surface area (Å²) < 4.78 is 12.4. The number of benzene rings is 2. The van der Waals surface area contributed by atoms with Gasteiger partial charge in [-0.25, -0.2) is 0 Å². The zero-order chi connectivity index (χ0) is 18.2. The number of nitrogens with zero attached hydrogens (tertiary/aromatic N) is 2. The first-order valence-electron chi connectivity index (χ1n) is 8.36. The van der Waals surface area contributed by atoms with Crippen LogP contribution in [-0.2, 0) is 6.54 Å². The topological polar surface area (TPSA) is 65.4 Å². The predicted octanol–water partition coefficient (Wildman–Crippen LogP) is 2.75. The Bertz CT molecular complexity index is 829. The van der Waals surface area contributed by atoms with Gasteiger partial charge in [0.1, 0.15) is 18.1 Å². The third-order valence-corrected chi connectivity index (χ3v) is 3.80. The third kappa shape index (κ3) is 4.86. The summed E-state index contributed by atoms with van der Waals surface area (Å²) in [4.78, 5) is 12.2. The molecule has 0 atom stereocenters. The van der Waals surface area contributed by atoms with Gasteiger partial charge < -0.3 is 14.8 Å². The number of nitrogens with one attached hydrogen (secondary N) is 1. The molecule has 0 bridgehead atoms. The van der Waals surface area contributed by atoms with Crippen LogP contribution < -0.4 is 14.8 Å². The Labute approximate surface area is 152 Å². The van der Waals surface area contributed by atoms with E-state index in [0.717, 1.165) is 17.1 Å². The lowest BCUT2D eigenvalue weighted by Gasteiger charge is -2.07. The minimum absolute atomic E-state index is 0.164. The van der Waals surface area contributed by atoms with Gasteiger partial charge in [-0.2, -0.15) is 5.10 Å². The standard InChI is InChI=1S/C20H21N3O3/c1-25-18-7-9-19(10-8-18)26-12-11-21-20(24)17-13-22-23(15-17)14-16-5-3-2-4-6-16/h2-10,13,15H,11-12,14H2,1H3,(H,21,24). The molecule has 2 aromatic carbocycles. The zero-order valence-electron chi connectivity index (χ0n) is 14.6. The molecular weight excluding hydrogens is 330 g/mol. The summed E-state index contributed by atoms with van der Waals surface area (Å²) >= 11 is 0. The van der Waals surface area contributed by atoms with E-state index in [9.17, 15) is 4.79 Å². The number of rotatable bonds is 8. The van der Waals surface area contributed by atoms with Gasteiger partial charge in [0.2, 0.25) is 0 Å². The first-order valence-corrected chi connectivity index (χ1v) is 8.36. The van der Waals surface area contributed by atoms with Crippen molar-refractivity contribution in [3.63, 3.8) is 0 Å². The number of carbonyl (C=O) groups excluding carboxylic acids is 1. The summed E-state index contributed by atoms with van der Waals surface area (Å²) in [7, 11) is 1.62. The van der Waals surface area contributed by atoms with Crippen LogP contribution in [-0.4, -0.2) is 35.9 Å². The first kappa shape index (κ1) is 17.5. The van der Waals surface area contributed by atoms with Gasteiger partial charge >= 0.3 is 0 Å². The average Bonchev–Trinajstić information content (AvgIpc) is 3.15. The van der Waals surface area contributed by atoms with Gasteiger partial charge in [0, 0.05) is 6.20 Å². The van der Waals surface area contributed by atoms with Crippen molar-refractivity contribution in [1.82, 2.24) is 15.1 Å². The van der Waals surface area contributed by atoms with Crippen LogP contribution in [0.5, 0.6) is 11.5 Å². The van der Waals surface area contributed by atoms with Crippen molar-refractivity contribution in [2.75, 3.05) is 20.3 Å². The second-order valence-electron chi connectivity index (χ2n) is 5.69. The molecule has 1 aromatic heterocycles. The first-order chi connectivity index (χ1) is 12.7. The molecule has 0 unspecified atom stereocenters. The lowest BCUT2D eigenvalue weighted by Crippen LogP contribution is -2.27. The van der Waals surface area contributed by atoms with Gasteiger partial charge in [0.25, 0.3) is 5.91 Å². The zero-order valence-corrected chi connectivity index (χ0v) is 14.6. The fraction of sp³-hybridized carbons (Fsp3) is 0.200. The van der Waals surface area contributed by atoms with Crippen molar-refractivity contribution in [2.24, 2.45) is 0 Å². The van der Waals surface area contributed by atoms with E-state index in [0.29, 0.717) is 25.3 Å². The monoisotopic (exact) mass is 351 g/mol. The smallest absolute Gasteiger partial charge is 0.254 e. The van der Waals surface area contributed by atoms with E-state index >= 15 is 0 Å². The molecule has 1 amide bonds. The molecule has 3 aromatic rings. The van der Waals surface area contributed by atoms with Crippen LogP contribution in [0.4, 0.5) is 0 Å². The number of ether oxygens (including phenoxy) is 2. The number of aromatic nitrogens is 2. The van der Waals surface area contributed by atoms with E-state index in [1.165, 1.54) is 0 Å². The summed E-state index contributed by atoms with van der Waals surface area (Å²) in [5.74, 6) is 1.34. The quantitative estimate of drug-likeness (QED) is 0.634. The number of methoxy groups -OCH3 is 1. The van der Waals surface area contributed by atoms with Crippen LogP contribution in [0.15, 0.2) is 67.0 Å². The SMILES string of the molecule is COc1ccc(OCCNC(=O)c2cnn(Cc3ccccc3)c2)cc1. The fourth-order valence-electron chi connectivity index (χ4n) is 2.45. The minimum Gasteiger partial charge on any atom is -0.497 e. The third-order valence-electron chi connectivity index (χ3n) is 3.80. The number of carbonyl (C=O) groups is 1. The van der Waals surface area contributed by atoms with Crippen LogP contribution in [0.2, 0.25) is 0 Å². The molecule has 1 N–H and O–H groups in total. The molecule has 0 radical (unpaired) electrons. The number of hydrogen-bond donors (Lipinski definition) is 1. The molecule has 0 saturated carbocycles. The van der Waals surface area contributed by atoms with Crippen molar-refractivity contribution < 1.29 is 14.3 Å². The van der Waals surface area contributed by atoms with E-state index in [1.807, 2.05) is 54.6 Å². The lowest BCUT2D eigenvalue weighted by molar-refractivity contribution is 0.0947. The summed E-state index contributed by atoms with van der Waals surface area (Å²) in [6, 6.07) is 17.3. The van der Waals surface area contributed by atoms with Gasteiger partial charge in [-0.05, 0) is 29.8 Å². The average molecular weight is 351 g/mol. The Morgan fingerprint density at radius 2 is 1.81 bits per heavy atom. The minimum atomic E-state index is -0.164. The van der Waals surface area contributed by atoms with Crippen molar-refractivity contribution in [2.45, 2.75) is 6.54 Å². The normalized spacial score (nSPS) is 10.3. The molecule has 0 aliphatic heterocycles. The Morgan fingerprint density at radius 1 is 1.08 bits per heavy atom. The number of hydrogen-bond acceptors (Lipinski definition) is 4. The summed E-state index contributed by atoms with van der Waals surface area (Å²) in [5.41, 5.74) is 1.67. The van der Waals surface area contributed by atoms with E-state index < -0.39 is 0 Å². The Morgan fingerprint density at radius 3 is 2.54 bits per heavy atom. The van der Waals surface area contributed by atoms with Gasteiger partial charge in [-0.3, -0.25) is 9.48 Å². The maximum atomic E-state index is 12.2. The Balaban J connectivity index is 1.43. The highest BCUT2D eigenvalue weighted by Crippen LogP contribution is 2.16. The molecule has 0 aliphatic carbocycles. The van der Waals surface area contributed by atoms with Gasteiger partial charge in [-0.1, -0.05) is 30.3 Å². The molecule has 6 nitrogen and oxygen atoms in total. The molecule has 134 valence electrons. The second-order valence-corrected chi connectivity index (χ2v) is 5.69. The van der Waals surface area contributed by atoms with Gasteiger partial charge in [0.15, 0.2) is 0 Å². The highest BCUT2D eigenvalue weighted by Gasteiger charge is 2.08. The second kappa shape index (κ2) is 8.71. The summed E-state index contributed by atoms with van der Waals surface area (Å²) in [6.07, 6.45) is 3.31. The van der Waals surface area contributed by atoms with E-state index in [-0.39, 0.29) is 5.91 Å². The Hall–Kier alpha value is -3.28. The molecule has 0 aliphatic rings. The largest absolute Gasteiger partial charge is 0.497 e. The van der Waals surface area contributed by atoms with Crippen LogP contribution in [0, 0.1) is 0 Å². The van der Waals surface area contributed by atoms with Crippen molar-refractivity contribution in [3.8, 4) is 11.5 Å². The number of amides is 1. The fourth-order valence-corrected chi connectivity index (χ4v) is 2.45. The van der Waals surface area contributed by atoms with Crippen LogP contribution >= 0.6 is 0 Å². The van der Waals surface area contributed by atoms with Crippen LogP contribution in [0.25, 0.3) is 0 Å². The van der Waals surface area contributed by atoms with Crippen molar-refractivity contribution in [3.05, 3.63) is 78.1 Å². The molecule has 0 fully saturated rings. The summed E-state index contributed by atoms with van der Waals surface area (Å²) in [5, 5.41) is 7.06. The molecule has 0 spiro atoms. The molecule has 6 heteroatoms. The Kier molecular flexibility index (Phi) is 5.88. The maximum Gasteiger partial charge on any atom is 0.254 e. The van der Waals surface area contributed by atoms with E-state index in [4.69, 9.17) is 9.47 Å². The van der Waals surface area contributed by atoms with E-state index in [2.05, 4.69) is 10.4 Å².